The predicted octanol–water partition coefficient (Wildman–Crippen LogP) is -0.102. The Bertz CT molecular complexity index is 420. The van der Waals surface area contributed by atoms with E-state index in [4.69, 9.17) is 12.2 Å². The number of carbonyl (C=O) groups excluding carboxylic acids is 2. The molecular weight excluding hydrogens is 228 g/mol. The molecule has 2 rings (SSSR count). The number of amides is 3. The van der Waals surface area contributed by atoms with Crippen molar-refractivity contribution in [3.8, 4) is 0 Å². The SMILES string of the molecule is CCN1C(=O)C2C(=NC(=S)N2C)N(C)C1=O. The first kappa shape index (κ1) is 11.0. The minimum absolute atomic E-state index is 0.258. The van der Waals surface area contributed by atoms with Crippen LogP contribution in [-0.2, 0) is 4.79 Å². The molecule has 0 radical (unpaired) electrons. The van der Waals surface area contributed by atoms with Gasteiger partial charge in [-0.1, -0.05) is 0 Å². The molecule has 0 spiro atoms. The van der Waals surface area contributed by atoms with E-state index in [9.17, 15) is 9.59 Å². The summed E-state index contributed by atoms with van der Waals surface area (Å²) in [5.41, 5.74) is 0. The molecule has 0 aromatic heterocycles. The molecule has 3 amide bonds. The van der Waals surface area contributed by atoms with Gasteiger partial charge in [-0.3, -0.25) is 14.6 Å². The number of rotatable bonds is 1. The van der Waals surface area contributed by atoms with Gasteiger partial charge in [0.2, 0.25) is 0 Å². The Morgan fingerprint density at radius 1 is 1.38 bits per heavy atom. The highest BCUT2D eigenvalue weighted by Crippen LogP contribution is 2.21. The highest BCUT2D eigenvalue weighted by Gasteiger charge is 2.47. The number of nitrogens with zero attached hydrogens (tertiary/aromatic N) is 4. The zero-order valence-electron chi connectivity index (χ0n) is 9.30. The second-order valence-electron chi connectivity index (χ2n) is 3.69. The molecule has 0 aromatic carbocycles. The minimum atomic E-state index is -0.546. The zero-order valence-corrected chi connectivity index (χ0v) is 10.1. The number of fused-ring (bicyclic) bond motifs is 1. The smallest absolute Gasteiger partial charge is 0.331 e. The average molecular weight is 240 g/mol. The van der Waals surface area contributed by atoms with Crippen LogP contribution in [0.4, 0.5) is 4.79 Å². The van der Waals surface area contributed by atoms with Crippen LogP contribution >= 0.6 is 12.2 Å². The molecule has 86 valence electrons. The standard InChI is InChI=1S/C9H12N4O2S/c1-4-13-7(14)5-6(12(3)9(13)15)10-8(16)11(5)2/h5H,4H2,1-3H3. The summed E-state index contributed by atoms with van der Waals surface area (Å²) in [5, 5.41) is 0.339. The van der Waals surface area contributed by atoms with Crippen LogP contribution < -0.4 is 0 Å². The summed E-state index contributed by atoms with van der Waals surface area (Å²) >= 11 is 5.01. The fourth-order valence-electron chi connectivity index (χ4n) is 1.87. The fraction of sp³-hybridized carbons (Fsp3) is 0.556. The van der Waals surface area contributed by atoms with Crippen LogP contribution in [0.1, 0.15) is 6.92 Å². The minimum Gasteiger partial charge on any atom is -0.332 e. The van der Waals surface area contributed by atoms with Gasteiger partial charge in [-0.15, -0.1) is 0 Å². The van der Waals surface area contributed by atoms with Gasteiger partial charge >= 0.3 is 6.03 Å². The van der Waals surface area contributed by atoms with Gasteiger partial charge in [0.1, 0.15) is 5.84 Å². The topological polar surface area (TPSA) is 56.2 Å². The van der Waals surface area contributed by atoms with Gasteiger partial charge in [-0.2, -0.15) is 0 Å². The maximum atomic E-state index is 12.0. The Morgan fingerprint density at radius 2 is 2.00 bits per heavy atom. The van der Waals surface area contributed by atoms with Crippen molar-refractivity contribution < 1.29 is 9.59 Å². The van der Waals surface area contributed by atoms with E-state index in [0.717, 1.165) is 0 Å². The van der Waals surface area contributed by atoms with Crippen molar-refractivity contribution in [2.24, 2.45) is 4.99 Å². The first-order valence-corrected chi connectivity index (χ1v) is 5.34. The van der Waals surface area contributed by atoms with E-state index >= 15 is 0 Å². The van der Waals surface area contributed by atoms with Crippen LogP contribution in [-0.4, -0.2) is 64.3 Å². The van der Waals surface area contributed by atoms with Crippen LogP contribution in [0.2, 0.25) is 0 Å². The zero-order chi connectivity index (χ0) is 12.0. The summed E-state index contributed by atoms with van der Waals surface area (Å²) in [4.78, 5) is 32.1. The molecule has 0 aliphatic carbocycles. The van der Waals surface area contributed by atoms with Crippen LogP contribution in [0.5, 0.6) is 0 Å². The molecular formula is C9H12N4O2S. The molecule has 0 N–H and O–H groups in total. The highest BCUT2D eigenvalue weighted by atomic mass is 32.1. The number of thiocarbonyl (C=S) groups is 1. The third-order valence-electron chi connectivity index (χ3n) is 2.82. The Hall–Kier alpha value is -1.50. The van der Waals surface area contributed by atoms with E-state index in [2.05, 4.69) is 4.99 Å². The number of urea groups is 1. The Kier molecular flexibility index (Phi) is 2.42. The lowest BCUT2D eigenvalue weighted by Gasteiger charge is -2.36. The molecule has 16 heavy (non-hydrogen) atoms. The molecule has 1 unspecified atom stereocenters. The summed E-state index contributed by atoms with van der Waals surface area (Å²) in [6, 6.07) is -0.893. The molecule has 2 aliphatic rings. The first-order valence-electron chi connectivity index (χ1n) is 4.93. The molecule has 7 heteroatoms. The number of imide groups is 1. The van der Waals surface area contributed by atoms with Gasteiger partial charge < -0.3 is 4.90 Å². The molecule has 0 aromatic rings. The van der Waals surface area contributed by atoms with Crippen molar-refractivity contribution in [1.82, 2.24) is 14.7 Å². The fourth-order valence-corrected chi connectivity index (χ4v) is 2.07. The van der Waals surface area contributed by atoms with Crippen molar-refractivity contribution in [2.75, 3.05) is 20.6 Å². The first-order chi connectivity index (χ1) is 7.49. The largest absolute Gasteiger partial charge is 0.332 e. The molecule has 0 saturated carbocycles. The third-order valence-corrected chi connectivity index (χ3v) is 3.20. The Labute approximate surface area is 98.5 Å². The maximum absolute atomic E-state index is 12.0. The average Bonchev–Trinajstić information content (AvgIpc) is 2.54. The van der Waals surface area contributed by atoms with E-state index in [0.29, 0.717) is 17.5 Å². The number of aliphatic imine (C=N–C) groups is 1. The van der Waals surface area contributed by atoms with Crippen LogP contribution in [0.25, 0.3) is 0 Å². The quantitative estimate of drug-likeness (QED) is 0.600. The summed E-state index contributed by atoms with van der Waals surface area (Å²) in [7, 11) is 3.31. The number of hydrogen-bond acceptors (Lipinski definition) is 3. The Morgan fingerprint density at radius 3 is 2.56 bits per heavy atom. The van der Waals surface area contributed by atoms with Gasteiger partial charge in [0.15, 0.2) is 11.2 Å². The highest BCUT2D eigenvalue weighted by molar-refractivity contribution is 7.80. The van der Waals surface area contributed by atoms with Crippen molar-refractivity contribution >= 4 is 35.1 Å². The molecule has 2 aliphatic heterocycles. The monoisotopic (exact) mass is 240 g/mol. The van der Waals surface area contributed by atoms with E-state index in [1.165, 1.54) is 9.80 Å². The number of likely N-dealkylation sites (N-methyl/N-ethyl adjacent to an activating group) is 3. The van der Waals surface area contributed by atoms with Crippen LogP contribution in [0, 0.1) is 0 Å². The van der Waals surface area contributed by atoms with Crippen LogP contribution in [0.15, 0.2) is 4.99 Å². The number of hydrogen-bond donors (Lipinski definition) is 0. The van der Waals surface area contributed by atoms with E-state index in [1.807, 2.05) is 0 Å². The summed E-state index contributed by atoms with van der Waals surface area (Å²) in [6.45, 7) is 2.12. The molecule has 0 bridgehead atoms. The molecule has 2 heterocycles. The second kappa shape index (κ2) is 3.51. The van der Waals surface area contributed by atoms with Gasteiger partial charge in [-0.05, 0) is 19.1 Å². The van der Waals surface area contributed by atoms with E-state index < -0.39 is 6.04 Å². The van der Waals surface area contributed by atoms with Gasteiger partial charge in [0.25, 0.3) is 5.91 Å². The molecule has 6 nitrogen and oxygen atoms in total. The second-order valence-corrected chi connectivity index (χ2v) is 4.06. The van der Waals surface area contributed by atoms with E-state index in [1.54, 1.807) is 25.9 Å². The normalized spacial score (nSPS) is 25.2. The number of amidine groups is 1. The number of carbonyl (C=O) groups is 2. The summed E-state index contributed by atoms with van der Waals surface area (Å²) in [6.07, 6.45) is 0. The van der Waals surface area contributed by atoms with Gasteiger partial charge in [0, 0.05) is 20.6 Å². The lowest BCUT2D eigenvalue weighted by molar-refractivity contribution is -0.131. The third kappa shape index (κ3) is 1.24. The van der Waals surface area contributed by atoms with Crippen LogP contribution in [0.3, 0.4) is 0 Å². The summed E-state index contributed by atoms with van der Waals surface area (Å²) in [5.74, 6) is 0.166. The van der Waals surface area contributed by atoms with Crippen molar-refractivity contribution in [3.63, 3.8) is 0 Å². The Balaban J connectivity index is 2.44. The lowest BCUT2D eigenvalue weighted by Crippen LogP contribution is -2.63. The summed E-state index contributed by atoms with van der Waals surface area (Å²) < 4.78 is 0. The van der Waals surface area contributed by atoms with Gasteiger partial charge in [-0.25, -0.2) is 9.79 Å². The van der Waals surface area contributed by atoms with Crippen molar-refractivity contribution in [1.29, 1.82) is 0 Å². The predicted molar refractivity (Wildman–Crippen MR) is 62.1 cm³/mol. The van der Waals surface area contributed by atoms with Crippen molar-refractivity contribution in [2.45, 2.75) is 13.0 Å². The molecule has 1 fully saturated rings. The molecule has 1 atom stereocenters. The van der Waals surface area contributed by atoms with Crippen molar-refractivity contribution in [3.05, 3.63) is 0 Å². The molecule has 1 saturated heterocycles. The maximum Gasteiger partial charge on any atom is 0.331 e. The lowest BCUT2D eigenvalue weighted by atomic mass is 10.1. The van der Waals surface area contributed by atoms with E-state index in [-0.39, 0.29) is 11.9 Å². The van der Waals surface area contributed by atoms with Gasteiger partial charge in [0.05, 0.1) is 0 Å².